The van der Waals surface area contributed by atoms with E-state index in [4.69, 9.17) is 9.47 Å². The number of nitrogens with one attached hydrogen (secondary N) is 1. The van der Waals surface area contributed by atoms with Gasteiger partial charge < -0.3 is 14.8 Å². The van der Waals surface area contributed by atoms with E-state index < -0.39 is 0 Å². The Labute approximate surface area is 162 Å². The standard InChI is InChI=1S/C21H21NO4S/c1-25-17-6-3-5-13(21(17)26-2)14-11-19(24)22-15-9-12(10-16(23)20(14)15)18-7-4-8-27-18/h3-8,12,14H,9-11H2,1-2H3,(H,22,24)/t12-,14-/m0/s1. The Bertz CT molecular complexity index is 916. The van der Waals surface area contributed by atoms with Crippen molar-refractivity contribution in [3.05, 3.63) is 57.4 Å². The number of rotatable bonds is 4. The molecule has 2 heterocycles. The molecule has 0 saturated heterocycles. The molecule has 2 aromatic rings. The number of carbonyl (C=O) groups is 2. The van der Waals surface area contributed by atoms with Crippen LogP contribution < -0.4 is 14.8 Å². The van der Waals surface area contributed by atoms with E-state index >= 15 is 0 Å². The van der Waals surface area contributed by atoms with Crippen LogP contribution in [0.4, 0.5) is 0 Å². The van der Waals surface area contributed by atoms with Crippen molar-refractivity contribution >= 4 is 23.0 Å². The van der Waals surface area contributed by atoms with Crippen LogP contribution in [0.2, 0.25) is 0 Å². The summed E-state index contributed by atoms with van der Waals surface area (Å²) >= 11 is 1.66. The monoisotopic (exact) mass is 383 g/mol. The molecule has 1 aromatic heterocycles. The Morgan fingerprint density at radius 1 is 1.04 bits per heavy atom. The van der Waals surface area contributed by atoms with Gasteiger partial charge in [-0.2, -0.15) is 0 Å². The van der Waals surface area contributed by atoms with Crippen LogP contribution in [0, 0.1) is 0 Å². The number of amides is 1. The van der Waals surface area contributed by atoms with Crippen molar-refractivity contribution in [2.45, 2.75) is 31.1 Å². The summed E-state index contributed by atoms with van der Waals surface area (Å²) in [5, 5.41) is 4.98. The second-order valence-electron chi connectivity index (χ2n) is 6.82. The lowest BCUT2D eigenvalue weighted by Crippen LogP contribution is -2.38. The molecule has 0 spiro atoms. The molecule has 1 aliphatic carbocycles. The molecule has 1 aromatic carbocycles. The van der Waals surface area contributed by atoms with Gasteiger partial charge in [-0.15, -0.1) is 11.3 Å². The first-order valence-corrected chi connectivity index (χ1v) is 9.80. The minimum atomic E-state index is -0.310. The van der Waals surface area contributed by atoms with E-state index in [0.29, 0.717) is 29.9 Å². The molecule has 4 rings (SSSR count). The third-order valence-corrected chi connectivity index (χ3v) is 6.33. The van der Waals surface area contributed by atoms with Crippen LogP contribution >= 0.6 is 11.3 Å². The Balaban J connectivity index is 1.78. The lowest BCUT2D eigenvalue weighted by molar-refractivity contribution is -0.122. The lowest BCUT2D eigenvalue weighted by atomic mass is 9.74. The molecule has 140 valence electrons. The van der Waals surface area contributed by atoms with Crippen LogP contribution in [-0.2, 0) is 9.59 Å². The SMILES string of the molecule is COc1cccc([C@@H]2CC(=O)NC3=C2C(=O)C[C@@H](c2cccs2)C3)c1OC. The maximum Gasteiger partial charge on any atom is 0.225 e. The van der Waals surface area contributed by atoms with Gasteiger partial charge in [0.2, 0.25) is 5.91 Å². The fourth-order valence-corrected chi connectivity index (χ4v) is 4.97. The van der Waals surface area contributed by atoms with Gasteiger partial charge in [0.15, 0.2) is 17.3 Å². The van der Waals surface area contributed by atoms with Crippen molar-refractivity contribution in [3.8, 4) is 11.5 Å². The number of hydrogen-bond acceptors (Lipinski definition) is 5. The minimum absolute atomic E-state index is 0.0664. The van der Waals surface area contributed by atoms with Gasteiger partial charge in [-0.05, 0) is 23.9 Å². The lowest BCUT2D eigenvalue weighted by Gasteiger charge is -2.34. The van der Waals surface area contributed by atoms with Gasteiger partial charge in [0.25, 0.3) is 0 Å². The van der Waals surface area contributed by atoms with E-state index in [-0.39, 0.29) is 29.9 Å². The third-order valence-electron chi connectivity index (χ3n) is 5.29. The minimum Gasteiger partial charge on any atom is -0.493 e. The molecule has 5 nitrogen and oxygen atoms in total. The Kier molecular flexibility index (Phi) is 4.74. The maximum atomic E-state index is 13.1. The highest BCUT2D eigenvalue weighted by molar-refractivity contribution is 7.10. The number of allylic oxidation sites excluding steroid dienone is 2. The van der Waals surface area contributed by atoms with Crippen molar-refractivity contribution in [2.75, 3.05) is 14.2 Å². The molecule has 0 bridgehead atoms. The molecule has 6 heteroatoms. The molecule has 1 N–H and O–H groups in total. The van der Waals surface area contributed by atoms with Crippen molar-refractivity contribution < 1.29 is 19.1 Å². The number of methoxy groups -OCH3 is 2. The normalized spacial score (nSPS) is 22.3. The number of hydrogen-bond donors (Lipinski definition) is 1. The summed E-state index contributed by atoms with van der Waals surface area (Å²) in [5.74, 6) is 1.04. The van der Waals surface area contributed by atoms with E-state index in [9.17, 15) is 9.59 Å². The van der Waals surface area contributed by atoms with Gasteiger partial charge in [-0.1, -0.05) is 18.2 Å². The van der Waals surface area contributed by atoms with E-state index in [0.717, 1.165) is 11.3 Å². The van der Waals surface area contributed by atoms with Gasteiger partial charge in [0.1, 0.15) is 0 Å². The van der Waals surface area contributed by atoms with Crippen LogP contribution in [0.5, 0.6) is 11.5 Å². The van der Waals surface area contributed by atoms with Crippen molar-refractivity contribution in [3.63, 3.8) is 0 Å². The average Bonchev–Trinajstić information content (AvgIpc) is 3.21. The zero-order valence-electron chi connectivity index (χ0n) is 15.3. The average molecular weight is 383 g/mol. The van der Waals surface area contributed by atoms with Crippen molar-refractivity contribution in [1.29, 1.82) is 0 Å². The number of thiophene rings is 1. The van der Waals surface area contributed by atoms with Crippen LogP contribution in [0.1, 0.15) is 41.5 Å². The molecule has 2 atom stereocenters. The molecule has 0 radical (unpaired) electrons. The van der Waals surface area contributed by atoms with Crippen molar-refractivity contribution in [1.82, 2.24) is 5.32 Å². The molecule has 0 fully saturated rings. The zero-order valence-corrected chi connectivity index (χ0v) is 16.1. The first kappa shape index (κ1) is 17.8. The number of carbonyl (C=O) groups excluding carboxylic acids is 2. The number of benzene rings is 1. The summed E-state index contributed by atoms with van der Waals surface area (Å²) in [6, 6.07) is 9.65. The van der Waals surface area contributed by atoms with E-state index in [2.05, 4.69) is 11.4 Å². The van der Waals surface area contributed by atoms with Crippen LogP contribution in [-0.4, -0.2) is 25.9 Å². The van der Waals surface area contributed by atoms with Gasteiger partial charge >= 0.3 is 0 Å². The fraction of sp³-hybridized carbons (Fsp3) is 0.333. The van der Waals surface area contributed by atoms with Crippen molar-refractivity contribution in [2.24, 2.45) is 0 Å². The van der Waals surface area contributed by atoms with E-state index in [1.807, 2.05) is 29.6 Å². The largest absolute Gasteiger partial charge is 0.493 e. The molecule has 27 heavy (non-hydrogen) atoms. The summed E-state index contributed by atoms with van der Waals surface area (Å²) < 4.78 is 11.0. The summed E-state index contributed by atoms with van der Waals surface area (Å²) in [4.78, 5) is 26.7. The second-order valence-corrected chi connectivity index (χ2v) is 7.80. The number of para-hydroxylation sites is 1. The topological polar surface area (TPSA) is 64.6 Å². The quantitative estimate of drug-likeness (QED) is 0.873. The highest BCUT2D eigenvalue weighted by Crippen LogP contribution is 2.46. The van der Waals surface area contributed by atoms with Crippen LogP contribution in [0.25, 0.3) is 0 Å². The number of ketones is 1. The molecule has 1 aliphatic heterocycles. The summed E-state index contributed by atoms with van der Waals surface area (Å²) in [6.45, 7) is 0. The molecule has 0 saturated carbocycles. The molecule has 2 aliphatic rings. The smallest absolute Gasteiger partial charge is 0.225 e. The van der Waals surface area contributed by atoms with E-state index in [1.54, 1.807) is 25.6 Å². The van der Waals surface area contributed by atoms with E-state index in [1.165, 1.54) is 4.88 Å². The Hall–Kier alpha value is -2.60. The Morgan fingerprint density at radius 3 is 2.59 bits per heavy atom. The molecular formula is C21H21NO4S. The third kappa shape index (κ3) is 3.14. The highest BCUT2D eigenvalue weighted by atomic mass is 32.1. The molecule has 1 amide bonds. The fourth-order valence-electron chi connectivity index (χ4n) is 4.14. The summed E-state index contributed by atoms with van der Waals surface area (Å²) in [5.41, 5.74) is 2.30. The predicted octanol–water partition coefficient (Wildman–Crippen LogP) is 3.77. The molecular weight excluding hydrogens is 362 g/mol. The maximum absolute atomic E-state index is 13.1. The zero-order chi connectivity index (χ0) is 19.0. The number of ether oxygens (including phenoxy) is 2. The first-order chi connectivity index (χ1) is 13.1. The van der Waals surface area contributed by atoms with Gasteiger partial charge in [0, 0.05) is 46.4 Å². The van der Waals surface area contributed by atoms with Gasteiger partial charge in [-0.3, -0.25) is 9.59 Å². The van der Waals surface area contributed by atoms with Crippen LogP contribution in [0.15, 0.2) is 47.0 Å². The highest BCUT2D eigenvalue weighted by Gasteiger charge is 2.39. The molecule has 0 unspecified atom stereocenters. The van der Waals surface area contributed by atoms with Gasteiger partial charge in [0.05, 0.1) is 14.2 Å². The van der Waals surface area contributed by atoms with Gasteiger partial charge in [-0.25, -0.2) is 0 Å². The summed E-state index contributed by atoms with van der Waals surface area (Å²) in [6.07, 6.45) is 1.38. The van der Waals surface area contributed by atoms with Crippen LogP contribution in [0.3, 0.4) is 0 Å². The number of Topliss-reactive ketones (excluding diaryl/α,β-unsaturated/α-hetero) is 1. The predicted molar refractivity (Wildman–Crippen MR) is 103 cm³/mol. The first-order valence-electron chi connectivity index (χ1n) is 8.92. The second kappa shape index (κ2) is 7.19. The summed E-state index contributed by atoms with van der Waals surface area (Å²) in [7, 11) is 3.16. The Morgan fingerprint density at radius 2 is 1.89 bits per heavy atom.